The lowest BCUT2D eigenvalue weighted by Gasteiger charge is -2.33. The zero-order chi connectivity index (χ0) is 22.9. The van der Waals surface area contributed by atoms with Crippen LogP contribution in [-0.4, -0.2) is 42.7 Å². The number of alkyl halides is 3. The molecule has 2 aromatic rings. The summed E-state index contributed by atoms with van der Waals surface area (Å²) in [5, 5.41) is 10.7. The normalized spacial score (nSPS) is 14.3. The van der Waals surface area contributed by atoms with Gasteiger partial charge >= 0.3 is 6.18 Å². The van der Waals surface area contributed by atoms with E-state index >= 15 is 0 Å². The lowest BCUT2D eigenvalue weighted by atomic mass is 9.83. The maximum Gasteiger partial charge on any atom is 0.426 e. The van der Waals surface area contributed by atoms with Crippen LogP contribution in [0, 0.1) is 18.6 Å². The highest BCUT2D eigenvalue weighted by Gasteiger charge is 2.60. The molecule has 0 aliphatic heterocycles. The first-order valence-corrected chi connectivity index (χ1v) is 9.03. The van der Waals surface area contributed by atoms with Gasteiger partial charge in [0.05, 0.1) is 24.7 Å². The first-order valence-electron chi connectivity index (χ1n) is 9.03. The molecule has 0 heterocycles. The highest BCUT2D eigenvalue weighted by molar-refractivity contribution is 5.66. The minimum absolute atomic E-state index is 0.134. The molecule has 9 heteroatoms. The summed E-state index contributed by atoms with van der Waals surface area (Å²) in [6, 6.07) is 4.50. The van der Waals surface area contributed by atoms with E-state index in [4.69, 9.17) is 4.74 Å². The fraction of sp³-hybridized carbons (Fsp3) is 0.381. The van der Waals surface area contributed by atoms with Crippen LogP contribution in [0.4, 0.5) is 27.6 Å². The van der Waals surface area contributed by atoms with Crippen LogP contribution >= 0.6 is 0 Å². The Bertz CT molecular complexity index is 923. The van der Waals surface area contributed by atoms with Gasteiger partial charge in [-0.2, -0.15) is 13.2 Å². The lowest BCUT2D eigenvalue weighted by Crippen LogP contribution is -2.45. The predicted octanol–water partition coefficient (Wildman–Crippen LogP) is 5.08. The van der Waals surface area contributed by atoms with Crippen LogP contribution in [0.3, 0.4) is 0 Å². The van der Waals surface area contributed by atoms with E-state index in [0.29, 0.717) is 12.1 Å². The number of aliphatic hydroxyl groups is 1. The monoisotopic (exact) mass is 430 g/mol. The second-order valence-corrected chi connectivity index (χ2v) is 7.15. The van der Waals surface area contributed by atoms with Crippen LogP contribution in [0.25, 0.3) is 0 Å². The van der Waals surface area contributed by atoms with Crippen molar-refractivity contribution in [1.82, 2.24) is 4.90 Å². The van der Waals surface area contributed by atoms with Crippen molar-refractivity contribution in [1.29, 1.82) is 0 Å². The van der Waals surface area contributed by atoms with Crippen LogP contribution in [0.5, 0.6) is 5.75 Å². The molecule has 4 nitrogen and oxygen atoms in total. The van der Waals surface area contributed by atoms with E-state index in [2.05, 4.69) is 4.99 Å². The highest BCUT2D eigenvalue weighted by Crippen LogP contribution is 2.50. The van der Waals surface area contributed by atoms with Crippen LogP contribution in [-0.2, 0) is 5.60 Å². The molecule has 0 saturated carbocycles. The predicted molar refractivity (Wildman–Crippen MR) is 104 cm³/mol. The molecule has 1 unspecified atom stereocenters. The Morgan fingerprint density at radius 1 is 1.13 bits per heavy atom. The van der Waals surface area contributed by atoms with Gasteiger partial charge < -0.3 is 14.7 Å². The fourth-order valence-electron chi connectivity index (χ4n) is 2.83. The average Bonchev–Trinajstić information content (AvgIpc) is 2.65. The summed E-state index contributed by atoms with van der Waals surface area (Å²) >= 11 is 0. The maximum atomic E-state index is 14.3. The summed E-state index contributed by atoms with van der Waals surface area (Å²) in [5.41, 5.74) is -5.81. The van der Waals surface area contributed by atoms with Gasteiger partial charge in [-0.25, -0.2) is 13.8 Å². The number of halogens is 5. The number of rotatable bonds is 6. The molecular weight excluding hydrogens is 407 g/mol. The summed E-state index contributed by atoms with van der Waals surface area (Å²) in [6.07, 6.45) is -3.95. The zero-order valence-electron chi connectivity index (χ0n) is 17.2. The number of ether oxygens (including phenoxy) is 1. The van der Waals surface area contributed by atoms with E-state index in [1.807, 2.05) is 13.8 Å². The molecule has 0 fully saturated rings. The molecule has 0 saturated heterocycles. The number of nitrogens with zero attached hydrogens (tertiary/aromatic N) is 2. The molecule has 0 bridgehead atoms. The third-order valence-electron chi connectivity index (χ3n) is 4.84. The Kier molecular flexibility index (Phi) is 6.76. The van der Waals surface area contributed by atoms with Gasteiger partial charge in [-0.05, 0) is 44.5 Å². The van der Waals surface area contributed by atoms with E-state index in [1.165, 1.54) is 19.3 Å². The topological polar surface area (TPSA) is 45.1 Å². The second-order valence-electron chi connectivity index (χ2n) is 7.15. The SMILES string of the molecule is COc1cc(/N=C/N(C)C(C)C)c(C)cc1C(O)(c1c(F)cccc1F)C(F)(F)F. The van der Waals surface area contributed by atoms with Crippen molar-refractivity contribution in [2.75, 3.05) is 14.2 Å². The molecule has 0 aliphatic rings. The number of benzene rings is 2. The molecular formula is C21H23F5N2O2. The van der Waals surface area contributed by atoms with Crippen molar-refractivity contribution in [3.8, 4) is 5.75 Å². The van der Waals surface area contributed by atoms with Crippen LogP contribution in [0.2, 0.25) is 0 Å². The Hall–Kier alpha value is -2.68. The molecule has 2 rings (SSSR count). The van der Waals surface area contributed by atoms with Crippen molar-refractivity contribution in [3.05, 3.63) is 58.7 Å². The zero-order valence-corrected chi connectivity index (χ0v) is 17.2. The van der Waals surface area contributed by atoms with E-state index in [-0.39, 0.29) is 17.3 Å². The van der Waals surface area contributed by atoms with Crippen molar-refractivity contribution < 1.29 is 31.8 Å². The average molecular weight is 430 g/mol. The molecule has 0 aromatic heterocycles. The number of methoxy groups -OCH3 is 1. The smallest absolute Gasteiger partial charge is 0.426 e. The number of aliphatic imine (C=N–C) groups is 1. The summed E-state index contributed by atoms with van der Waals surface area (Å²) in [7, 11) is 2.87. The molecule has 0 radical (unpaired) electrons. The Labute approximate surface area is 171 Å². The van der Waals surface area contributed by atoms with E-state index in [0.717, 1.165) is 19.2 Å². The number of hydrogen-bond acceptors (Lipinski definition) is 3. The van der Waals surface area contributed by atoms with Crippen molar-refractivity contribution >= 4 is 12.0 Å². The van der Waals surface area contributed by atoms with Gasteiger partial charge in [0.25, 0.3) is 0 Å². The lowest BCUT2D eigenvalue weighted by molar-refractivity contribution is -0.250. The molecule has 164 valence electrons. The minimum Gasteiger partial charge on any atom is -0.496 e. The van der Waals surface area contributed by atoms with Gasteiger partial charge in [-0.15, -0.1) is 0 Å². The molecule has 1 N–H and O–H groups in total. The van der Waals surface area contributed by atoms with Crippen molar-refractivity contribution in [2.45, 2.75) is 38.6 Å². The van der Waals surface area contributed by atoms with Crippen LogP contribution < -0.4 is 4.74 Å². The Morgan fingerprint density at radius 2 is 1.70 bits per heavy atom. The van der Waals surface area contributed by atoms with E-state index in [1.54, 1.807) is 11.9 Å². The number of hydrogen-bond donors (Lipinski definition) is 1. The van der Waals surface area contributed by atoms with Gasteiger partial charge in [0.2, 0.25) is 5.60 Å². The van der Waals surface area contributed by atoms with Crippen molar-refractivity contribution in [2.24, 2.45) is 4.99 Å². The molecule has 0 amide bonds. The second kappa shape index (κ2) is 8.59. The van der Waals surface area contributed by atoms with Gasteiger partial charge in [-0.1, -0.05) is 6.07 Å². The Morgan fingerprint density at radius 3 is 2.17 bits per heavy atom. The van der Waals surface area contributed by atoms with E-state index < -0.39 is 40.3 Å². The van der Waals surface area contributed by atoms with Crippen molar-refractivity contribution in [3.63, 3.8) is 0 Å². The molecule has 0 spiro atoms. The van der Waals surface area contributed by atoms with Gasteiger partial charge in [0.1, 0.15) is 17.4 Å². The highest BCUT2D eigenvalue weighted by atomic mass is 19.4. The standard InChI is InChI=1S/C21H23F5N2O2/c1-12(2)28(4)11-27-17-10-18(30-5)14(9-13(17)3)20(29,21(24,25)26)19-15(22)7-6-8-16(19)23/h6-12,29H,1-5H3/b27-11+. The van der Waals surface area contributed by atoms with Gasteiger partial charge in [0.15, 0.2) is 0 Å². The summed E-state index contributed by atoms with van der Waals surface area (Å²) < 4.78 is 75.8. The van der Waals surface area contributed by atoms with Crippen LogP contribution in [0.15, 0.2) is 35.3 Å². The molecule has 1 atom stereocenters. The third-order valence-corrected chi connectivity index (χ3v) is 4.84. The number of aryl methyl sites for hydroxylation is 1. The summed E-state index contributed by atoms with van der Waals surface area (Å²) in [4.78, 5) is 6.02. The molecule has 2 aromatic carbocycles. The maximum absolute atomic E-state index is 14.3. The first kappa shape index (κ1) is 23.6. The first-order chi connectivity index (χ1) is 13.8. The molecule has 30 heavy (non-hydrogen) atoms. The summed E-state index contributed by atoms with van der Waals surface area (Å²) in [5.74, 6) is -3.48. The minimum atomic E-state index is -5.45. The van der Waals surface area contributed by atoms with Crippen LogP contribution in [0.1, 0.15) is 30.5 Å². The third kappa shape index (κ3) is 4.26. The quantitative estimate of drug-likeness (QED) is 0.395. The Balaban J connectivity index is 2.77. The summed E-state index contributed by atoms with van der Waals surface area (Å²) in [6.45, 7) is 5.32. The van der Waals surface area contributed by atoms with Gasteiger partial charge in [-0.3, -0.25) is 0 Å². The fourth-order valence-corrected chi connectivity index (χ4v) is 2.83. The largest absolute Gasteiger partial charge is 0.496 e. The van der Waals surface area contributed by atoms with E-state index in [9.17, 15) is 27.1 Å². The molecule has 0 aliphatic carbocycles. The van der Waals surface area contributed by atoms with Gasteiger partial charge in [0, 0.05) is 24.7 Å².